The number of anilines is 1. The number of hydrogen-bond donors (Lipinski definition) is 1. The van der Waals surface area contributed by atoms with Gasteiger partial charge in [0.25, 0.3) is 0 Å². The van der Waals surface area contributed by atoms with Gasteiger partial charge in [0.15, 0.2) is 0 Å². The van der Waals surface area contributed by atoms with Crippen molar-refractivity contribution in [3.05, 3.63) is 48.3 Å². The number of carbonyl (C=O) groups excluding carboxylic acids is 1. The number of rotatable bonds is 6. The number of carbonyl (C=O) groups is 1. The van der Waals surface area contributed by atoms with E-state index in [0.717, 1.165) is 11.3 Å². The van der Waals surface area contributed by atoms with Crippen LogP contribution in [0.4, 0.5) is 5.69 Å². The quantitative estimate of drug-likeness (QED) is 0.812. The number of nitrogens with zero attached hydrogens (tertiary/aromatic N) is 3. The van der Waals surface area contributed by atoms with Gasteiger partial charge in [-0.1, -0.05) is 18.2 Å². The van der Waals surface area contributed by atoms with Crippen LogP contribution in [0.3, 0.4) is 0 Å². The molecule has 0 bridgehead atoms. The van der Waals surface area contributed by atoms with Crippen LogP contribution in [-0.2, 0) is 17.8 Å². The summed E-state index contributed by atoms with van der Waals surface area (Å²) in [5.74, 6) is 0.125. The van der Waals surface area contributed by atoms with Crippen LogP contribution in [0, 0.1) is 0 Å². The highest BCUT2D eigenvalue weighted by Crippen LogP contribution is 2.13. The molecule has 2 rings (SSSR count). The van der Waals surface area contributed by atoms with Crippen molar-refractivity contribution in [1.82, 2.24) is 14.7 Å². The number of para-hydroxylation sites is 1. The van der Waals surface area contributed by atoms with Gasteiger partial charge in [-0.25, -0.2) is 0 Å². The Bertz CT molecular complexity index is 551. The average molecular weight is 272 g/mol. The molecular weight excluding hydrogens is 252 g/mol. The van der Waals surface area contributed by atoms with Gasteiger partial charge in [-0.05, 0) is 24.1 Å². The van der Waals surface area contributed by atoms with Gasteiger partial charge in [-0.3, -0.25) is 9.48 Å². The maximum Gasteiger partial charge on any atom is 0.222 e. The van der Waals surface area contributed by atoms with E-state index in [9.17, 15) is 4.79 Å². The van der Waals surface area contributed by atoms with E-state index in [-0.39, 0.29) is 5.91 Å². The molecule has 0 unspecified atom stereocenters. The Hall–Kier alpha value is -2.30. The Kier molecular flexibility index (Phi) is 4.76. The first-order valence-corrected chi connectivity index (χ1v) is 6.71. The fourth-order valence-corrected chi connectivity index (χ4v) is 2.00. The van der Waals surface area contributed by atoms with Crippen LogP contribution in [-0.4, -0.2) is 34.2 Å². The van der Waals surface area contributed by atoms with Crippen molar-refractivity contribution in [2.45, 2.75) is 19.4 Å². The first-order valence-electron chi connectivity index (χ1n) is 6.71. The smallest absolute Gasteiger partial charge is 0.222 e. The molecule has 1 amide bonds. The number of aromatic nitrogens is 2. The van der Waals surface area contributed by atoms with Gasteiger partial charge in [0.1, 0.15) is 0 Å². The summed E-state index contributed by atoms with van der Waals surface area (Å²) >= 11 is 0. The molecule has 1 heterocycles. The first-order chi connectivity index (χ1) is 9.66. The van der Waals surface area contributed by atoms with Crippen LogP contribution in [0.15, 0.2) is 42.7 Å². The van der Waals surface area contributed by atoms with Crippen LogP contribution in [0.25, 0.3) is 0 Å². The molecule has 0 fully saturated rings. The van der Waals surface area contributed by atoms with Crippen LogP contribution in [0.5, 0.6) is 0 Å². The standard InChI is InChI=1S/C15H20N4O/c1-18(11-12-19-10-4-9-17-19)15(20)8-7-13-5-2-3-6-14(13)16/h2-6,9-10H,7-8,11-12,16H2,1H3. The first kappa shape index (κ1) is 14.1. The molecule has 1 aromatic heterocycles. The average Bonchev–Trinajstić information content (AvgIpc) is 2.97. The Morgan fingerprint density at radius 2 is 2.15 bits per heavy atom. The zero-order chi connectivity index (χ0) is 14.4. The van der Waals surface area contributed by atoms with Crippen molar-refractivity contribution in [1.29, 1.82) is 0 Å². The summed E-state index contributed by atoms with van der Waals surface area (Å²) < 4.78 is 1.82. The van der Waals surface area contributed by atoms with Crippen LogP contribution in [0.2, 0.25) is 0 Å². The van der Waals surface area contributed by atoms with Crippen molar-refractivity contribution in [3.63, 3.8) is 0 Å². The maximum absolute atomic E-state index is 12.0. The van der Waals surface area contributed by atoms with E-state index >= 15 is 0 Å². The number of amides is 1. The van der Waals surface area contributed by atoms with Crippen molar-refractivity contribution in [2.75, 3.05) is 19.3 Å². The second-order valence-electron chi connectivity index (χ2n) is 4.78. The van der Waals surface area contributed by atoms with E-state index in [4.69, 9.17) is 5.73 Å². The largest absolute Gasteiger partial charge is 0.399 e. The molecule has 0 saturated heterocycles. The molecule has 2 N–H and O–H groups in total. The highest BCUT2D eigenvalue weighted by Gasteiger charge is 2.09. The molecule has 0 spiro atoms. The van der Waals surface area contributed by atoms with Crippen molar-refractivity contribution in [3.8, 4) is 0 Å². The van der Waals surface area contributed by atoms with Crippen LogP contribution < -0.4 is 5.73 Å². The number of likely N-dealkylation sites (N-methyl/N-ethyl adjacent to an activating group) is 1. The number of hydrogen-bond acceptors (Lipinski definition) is 3. The molecule has 2 aromatic rings. The van der Waals surface area contributed by atoms with Gasteiger partial charge in [0.2, 0.25) is 5.91 Å². The normalized spacial score (nSPS) is 10.4. The highest BCUT2D eigenvalue weighted by molar-refractivity contribution is 5.76. The van der Waals surface area contributed by atoms with Crippen molar-refractivity contribution in [2.24, 2.45) is 0 Å². The molecule has 106 valence electrons. The third-order valence-electron chi connectivity index (χ3n) is 3.31. The fraction of sp³-hybridized carbons (Fsp3) is 0.333. The number of nitrogen functional groups attached to an aromatic ring is 1. The lowest BCUT2D eigenvalue weighted by atomic mass is 10.1. The van der Waals surface area contributed by atoms with E-state index in [0.29, 0.717) is 25.9 Å². The number of benzene rings is 1. The predicted molar refractivity (Wildman–Crippen MR) is 79.0 cm³/mol. The minimum absolute atomic E-state index is 0.125. The van der Waals surface area contributed by atoms with Crippen LogP contribution >= 0.6 is 0 Å². The lowest BCUT2D eigenvalue weighted by Gasteiger charge is -2.17. The zero-order valence-electron chi connectivity index (χ0n) is 11.7. The summed E-state index contributed by atoms with van der Waals surface area (Å²) in [5.41, 5.74) is 7.65. The van der Waals surface area contributed by atoms with Gasteiger partial charge in [0, 0.05) is 38.1 Å². The maximum atomic E-state index is 12.0. The summed E-state index contributed by atoms with van der Waals surface area (Å²) in [4.78, 5) is 13.8. The van der Waals surface area contributed by atoms with Gasteiger partial charge >= 0.3 is 0 Å². The molecule has 0 aliphatic carbocycles. The Morgan fingerprint density at radius 1 is 1.35 bits per heavy atom. The molecule has 1 aromatic carbocycles. The molecule has 0 aliphatic heterocycles. The Morgan fingerprint density at radius 3 is 2.85 bits per heavy atom. The number of aryl methyl sites for hydroxylation is 1. The topological polar surface area (TPSA) is 64.2 Å². The lowest BCUT2D eigenvalue weighted by molar-refractivity contribution is -0.130. The van der Waals surface area contributed by atoms with E-state index in [1.807, 2.05) is 48.3 Å². The van der Waals surface area contributed by atoms with Gasteiger partial charge in [-0.15, -0.1) is 0 Å². The molecule has 0 atom stereocenters. The fourth-order valence-electron chi connectivity index (χ4n) is 2.00. The van der Waals surface area contributed by atoms with Crippen molar-refractivity contribution >= 4 is 11.6 Å². The molecular formula is C15H20N4O. The SMILES string of the molecule is CN(CCn1cccn1)C(=O)CCc1ccccc1N. The summed E-state index contributed by atoms with van der Waals surface area (Å²) in [5, 5.41) is 4.11. The Balaban J connectivity index is 1.78. The van der Waals surface area contributed by atoms with E-state index in [1.54, 1.807) is 11.1 Å². The predicted octanol–water partition coefficient (Wildman–Crippen LogP) is 1.56. The Labute approximate surface area is 119 Å². The summed E-state index contributed by atoms with van der Waals surface area (Å²) in [7, 11) is 1.82. The van der Waals surface area contributed by atoms with Gasteiger partial charge < -0.3 is 10.6 Å². The zero-order valence-corrected chi connectivity index (χ0v) is 11.7. The molecule has 5 heteroatoms. The summed E-state index contributed by atoms with van der Waals surface area (Å²) in [6.07, 6.45) is 4.78. The molecule has 20 heavy (non-hydrogen) atoms. The highest BCUT2D eigenvalue weighted by atomic mass is 16.2. The van der Waals surface area contributed by atoms with Gasteiger partial charge in [0.05, 0.1) is 6.54 Å². The van der Waals surface area contributed by atoms with E-state index in [1.165, 1.54) is 0 Å². The third-order valence-corrected chi connectivity index (χ3v) is 3.31. The van der Waals surface area contributed by atoms with E-state index < -0.39 is 0 Å². The molecule has 0 aliphatic rings. The monoisotopic (exact) mass is 272 g/mol. The second-order valence-corrected chi connectivity index (χ2v) is 4.78. The lowest BCUT2D eigenvalue weighted by Crippen LogP contribution is -2.30. The minimum Gasteiger partial charge on any atom is -0.399 e. The molecule has 0 saturated carbocycles. The molecule has 5 nitrogen and oxygen atoms in total. The van der Waals surface area contributed by atoms with E-state index in [2.05, 4.69) is 5.10 Å². The molecule has 0 radical (unpaired) electrons. The summed E-state index contributed by atoms with van der Waals surface area (Å²) in [6.45, 7) is 1.37. The van der Waals surface area contributed by atoms with Gasteiger partial charge in [-0.2, -0.15) is 5.10 Å². The second kappa shape index (κ2) is 6.75. The van der Waals surface area contributed by atoms with Crippen LogP contribution in [0.1, 0.15) is 12.0 Å². The number of nitrogens with two attached hydrogens (primary N) is 1. The summed E-state index contributed by atoms with van der Waals surface area (Å²) in [6, 6.07) is 9.54. The van der Waals surface area contributed by atoms with Crippen molar-refractivity contribution < 1.29 is 4.79 Å². The minimum atomic E-state index is 0.125. The third kappa shape index (κ3) is 3.85.